The average Bonchev–Trinajstić information content (AvgIpc) is 2.43. The fraction of sp³-hybridized carbons (Fsp3) is 0.533. The highest BCUT2D eigenvalue weighted by Gasteiger charge is 2.23. The van der Waals surface area contributed by atoms with E-state index in [1.54, 1.807) is 4.90 Å². The van der Waals surface area contributed by atoms with Crippen LogP contribution in [0.1, 0.15) is 25.3 Å². The topological polar surface area (TPSA) is 67.6 Å². The minimum atomic E-state index is -0.208. The standard InChI is InChI=1S/C15H23N3O2/c1-3-20-15(19)18-8-6-12(7-9-18)17-14-5-4-11(2)10-13(14)16/h4-5,10,12,17H,3,6-9,16H2,1-2H3. The number of rotatable bonds is 3. The molecular weight excluding hydrogens is 254 g/mol. The minimum absolute atomic E-state index is 0.208. The lowest BCUT2D eigenvalue weighted by Gasteiger charge is -2.32. The summed E-state index contributed by atoms with van der Waals surface area (Å²) in [6, 6.07) is 6.39. The summed E-state index contributed by atoms with van der Waals surface area (Å²) < 4.78 is 5.01. The Morgan fingerprint density at radius 3 is 2.75 bits per heavy atom. The molecule has 0 radical (unpaired) electrons. The normalized spacial score (nSPS) is 16.0. The van der Waals surface area contributed by atoms with E-state index in [9.17, 15) is 4.79 Å². The number of piperidine rings is 1. The van der Waals surface area contributed by atoms with Crippen molar-refractivity contribution < 1.29 is 9.53 Å². The highest BCUT2D eigenvalue weighted by Crippen LogP contribution is 2.23. The molecule has 1 aliphatic heterocycles. The highest BCUT2D eigenvalue weighted by atomic mass is 16.6. The predicted molar refractivity (Wildman–Crippen MR) is 80.8 cm³/mol. The second-order valence-corrected chi connectivity index (χ2v) is 5.20. The van der Waals surface area contributed by atoms with E-state index < -0.39 is 0 Å². The number of anilines is 2. The van der Waals surface area contributed by atoms with Crippen LogP contribution >= 0.6 is 0 Å². The van der Waals surface area contributed by atoms with Gasteiger partial charge >= 0.3 is 6.09 Å². The van der Waals surface area contributed by atoms with Crippen molar-refractivity contribution >= 4 is 17.5 Å². The first-order chi connectivity index (χ1) is 9.60. The van der Waals surface area contributed by atoms with Crippen LogP contribution in [0.3, 0.4) is 0 Å². The van der Waals surface area contributed by atoms with Crippen molar-refractivity contribution in [2.75, 3.05) is 30.7 Å². The summed E-state index contributed by atoms with van der Waals surface area (Å²) >= 11 is 0. The van der Waals surface area contributed by atoms with Crippen LogP contribution in [0.2, 0.25) is 0 Å². The highest BCUT2D eigenvalue weighted by molar-refractivity contribution is 5.68. The zero-order valence-corrected chi connectivity index (χ0v) is 12.2. The molecule has 1 saturated heterocycles. The van der Waals surface area contributed by atoms with Crippen LogP contribution in [0.15, 0.2) is 18.2 Å². The molecule has 110 valence electrons. The van der Waals surface area contributed by atoms with Gasteiger partial charge in [0.15, 0.2) is 0 Å². The first-order valence-electron chi connectivity index (χ1n) is 7.14. The molecule has 0 aliphatic carbocycles. The molecule has 1 aromatic carbocycles. The van der Waals surface area contributed by atoms with Gasteiger partial charge in [-0.05, 0) is 44.4 Å². The maximum atomic E-state index is 11.6. The van der Waals surface area contributed by atoms with Gasteiger partial charge in [-0.2, -0.15) is 0 Å². The van der Waals surface area contributed by atoms with E-state index in [1.807, 2.05) is 32.0 Å². The Bertz CT molecular complexity index is 468. The number of nitrogens with one attached hydrogen (secondary N) is 1. The summed E-state index contributed by atoms with van der Waals surface area (Å²) in [6.45, 7) is 5.73. The Balaban J connectivity index is 1.86. The van der Waals surface area contributed by atoms with Gasteiger partial charge in [0.05, 0.1) is 18.0 Å². The van der Waals surface area contributed by atoms with Crippen LogP contribution in [0.25, 0.3) is 0 Å². The number of hydrogen-bond donors (Lipinski definition) is 2. The second-order valence-electron chi connectivity index (χ2n) is 5.20. The molecule has 0 aromatic heterocycles. The van der Waals surface area contributed by atoms with Crippen LogP contribution in [-0.2, 0) is 4.74 Å². The first-order valence-corrected chi connectivity index (χ1v) is 7.14. The Labute approximate surface area is 120 Å². The summed E-state index contributed by atoms with van der Waals surface area (Å²) in [5, 5.41) is 3.46. The molecule has 1 aliphatic rings. The lowest BCUT2D eigenvalue weighted by Crippen LogP contribution is -2.42. The van der Waals surface area contributed by atoms with Crippen molar-refractivity contribution in [3.63, 3.8) is 0 Å². The molecule has 1 fully saturated rings. The monoisotopic (exact) mass is 277 g/mol. The van der Waals surface area contributed by atoms with Gasteiger partial charge in [0, 0.05) is 19.1 Å². The molecule has 3 N–H and O–H groups in total. The number of ether oxygens (including phenoxy) is 1. The van der Waals surface area contributed by atoms with E-state index >= 15 is 0 Å². The molecular formula is C15H23N3O2. The van der Waals surface area contributed by atoms with E-state index in [0.29, 0.717) is 12.6 Å². The van der Waals surface area contributed by atoms with E-state index in [-0.39, 0.29) is 6.09 Å². The fourth-order valence-electron chi connectivity index (χ4n) is 2.45. The van der Waals surface area contributed by atoms with E-state index in [0.717, 1.165) is 42.9 Å². The largest absolute Gasteiger partial charge is 0.450 e. The number of nitrogens with zero attached hydrogens (tertiary/aromatic N) is 1. The molecule has 0 unspecified atom stereocenters. The van der Waals surface area contributed by atoms with E-state index in [2.05, 4.69) is 5.32 Å². The summed E-state index contributed by atoms with van der Waals surface area (Å²) in [6.07, 6.45) is 1.61. The molecule has 20 heavy (non-hydrogen) atoms. The lowest BCUT2D eigenvalue weighted by molar-refractivity contribution is 0.0983. The summed E-state index contributed by atoms with van der Waals surface area (Å²) in [7, 11) is 0. The molecule has 0 spiro atoms. The van der Waals surface area contributed by atoms with Crippen molar-refractivity contribution in [2.24, 2.45) is 0 Å². The van der Waals surface area contributed by atoms with Gasteiger partial charge in [0.1, 0.15) is 0 Å². The smallest absolute Gasteiger partial charge is 0.409 e. The van der Waals surface area contributed by atoms with Crippen LogP contribution in [-0.4, -0.2) is 36.7 Å². The van der Waals surface area contributed by atoms with E-state index in [1.165, 1.54) is 0 Å². The maximum absolute atomic E-state index is 11.6. The van der Waals surface area contributed by atoms with Crippen molar-refractivity contribution in [2.45, 2.75) is 32.7 Å². The third-order valence-corrected chi connectivity index (χ3v) is 3.59. The lowest BCUT2D eigenvalue weighted by atomic mass is 10.0. The number of likely N-dealkylation sites (tertiary alicyclic amines) is 1. The van der Waals surface area contributed by atoms with Gasteiger partial charge in [0.2, 0.25) is 0 Å². The van der Waals surface area contributed by atoms with Crippen LogP contribution in [0.5, 0.6) is 0 Å². The number of nitrogen functional groups attached to an aromatic ring is 1. The molecule has 1 aromatic rings. The number of carbonyl (C=O) groups excluding carboxylic acids is 1. The van der Waals surface area contributed by atoms with Crippen LogP contribution < -0.4 is 11.1 Å². The number of benzene rings is 1. The van der Waals surface area contributed by atoms with Gasteiger partial charge in [-0.25, -0.2) is 4.79 Å². The summed E-state index contributed by atoms with van der Waals surface area (Å²) in [4.78, 5) is 13.4. The fourth-order valence-corrected chi connectivity index (χ4v) is 2.45. The zero-order valence-electron chi connectivity index (χ0n) is 12.2. The third-order valence-electron chi connectivity index (χ3n) is 3.59. The molecule has 1 amide bonds. The van der Waals surface area contributed by atoms with Crippen LogP contribution in [0, 0.1) is 6.92 Å². The van der Waals surface area contributed by atoms with Crippen LogP contribution in [0.4, 0.5) is 16.2 Å². The molecule has 0 saturated carbocycles. The molecule has 5 nitrogen and oxygen atoms in total. The number of amides is 1. The van der Waals surface area contributed by atoms with Crippen molar-refractivity contribution in [1.29, 1.82) is 0 Å². The number of nitrogens with two attached hydrogens (primary N) is 1. The molecule has 5 heteroatoms. The van der Waals surface area contributed by atoms with Crippen molar-refractivity contribution in [3.8, 4) is 0 Å². The molecule has 1 heterocycles. The van der Waals surface area contributed by atoms with Crippen molar-refractivity contribution in [1.82, 2.24) is 4.90 Å². The Morgan fingerprint density at radius 1 is 1.45 bits per heavy atom. The van der Waals surface area contributed by atoms with E-state index in [4.69, 9.17) is 10.5 Å². The summed E-state index contributed by atoms with van der Waals surface area (Å²) in [5.41, 5.74) is 8.92. The number of aryl methyl sites for hydroxylation is 1. The Morgan fingerprint density at radius 2 is 2.15 bits per heavy atom. The number of hydrogen-bond acceptors (Lipinski definition) is 4. The summed E-state index contributed by atoms with van der Waals surface area (Å²) in [5.74, 6) is 0. The Hall–Kier alpha value is -1.91. The zero-order chi connectivity index (χ0) is 14.5. The van der Waals surface area contributed by atoms with Gasteiger partial charge in [0.25, 0.3) is 0 Å². The minimum Gasteiger partial charge on any atom is -0.450 e. The van der Waals surface area contributed by atoms with Gasteiger partial charge in [-0.3, -0.25) is 0 Å². The average molecular weight is 277 g/mol. The van der Waals surface area contributed by atoms with Gasteiger partial charge in [-0.15, -0.1) is 0 Å². The molecule has 2 rings (SSSR count). The Kier molecular flexibility index (Phi) is 4.71. The van der Waals surface area contributed by atoms with Gasteiger partial charge in [-0.1, -0.05) is 6.07 Å². The van der Waals surface area contributed by atoms with Gasteiger partial charge < -0.3 is 20.7 Å². The quantitative estimate of drug-likeness (QED) is 0.833. The molecule has 0 bridgehead atoms. The predicted octanol–water partition coefficient (Wildman–Crippen LogP) is 2.61. The maximum Gasteiger partial charge on any atom is 0.409 e. The first kappa shape index (κ1) is 14.5. The second kappa shape index (κ2) is 6.50. The van der Waals surface area contributed by atoms with Crippen molar-refractivity contribution in [3.05, 3.63) is 23.8 Å². The number of carbonyl (C=O) groups is 1. The third kappa shape index (κ3) is 3.56. The molecule has 0 atom stereocenters. The SMILES string of the molecule is CCOC(=O)N1CCC(Nc2ccc(C)cc2N)CC1.